The van der Waals surface area contributed by atoms with Crippen LogP contribution in [0.3, 0.4) is 0 Å². The van der Waals surface area contributed by atoms with Crippen LogP contribution in [-0.2, 0) is 11.2 Å². The molecule has 1 N–H and O–H groups in total. The molecule has 0 radical (unpaired) electrons. The molecule has 2 heterocycles. The Balaban J connectivity index is 1.62. The van der Waals surface area contributed by atoms with Gasteiger partial charge in [0.2, 0.25) is 0 Å². The second-order valence-corrected chi connectivity index (χ2v) is 7.42. The predicted molar refractivity (Wildman–Crippen MR) is 80.2 cm³/mol. The summed E-state index contributed by atoms with van der Waals surface area (Å²) in [6, 6.07) is 2.95. The Hall–Kier alpha value is -0.130. The van der Waals surface area contributed by atoms with Crippen LogP contribution in [0.4, 0.5) is 0 Å². The predicted octanol–water partition coefficient (Wildman–Crippen LogP) is 2.70. The second-order valence-electron chi connectivity index (χ2n) is 5.65. The number of likely N-dealkylation sites (N-methyl/N-ethyl adjacent to an activating group) is 1. The van der Waals surface area contributed by atoms with Gasteiger partial charge in [0.1, 0.15) is 0 Å². The molecular formula is C14H21ClN2OS. The van der Waals surface area contributed by atoms with Crippen molar-refractivity contribution in [2.75, 3.05) is 26.7 Å². The van der Waals surface area contributed by atoms with Crippen LogP contribution >= 0.6 is 22.9 Å². The second kappa shape index (κ2) is 5.70. The molecule has 3 atom stereocenters. The average molecular weight is 301 g/mol. The Bertz CT molecular complexity index is 451. The van der Waals surface area contributed by atoms with Crippen LogP contribution in [0.2, 0.25) is 4.34 Å². The summed E-state index contributed by atoms with van der Waals surface area (Å²) in [5.74, 6) is 0. The Kier molecular flexibility index (Phi) is 4.15. The van der Waals surface area contributed by atoms with Gasteiger partial charge in [-0.2, -0.15) is 0 Å². The number of morpholine rings is 1. The molecule has 1 aromatic heterocycles. The first kappa shape index (κ1) is 13.8. The molecule has 5 heteroatoms. The molecule has 0 unspecified atom stereocenters. The average Bonchev–Trinajstić information content (AvgIpc) is 2.90. The molecule has 1 aliphatic carbocycles. The van der Waals surface area contributed by atoms with Crippen LogP contribution in [-0.4, -0.2) is 43.8 Å². The van der Waals surface area contributed by atoms with Crippen LogP contribution in [0.1, 0.15) is 29.8 Å². The summed E-state index contributed by atoms with van der Waals surface area (Å²) in [5.41, 5.74) is 1.41. The Morgan fingerprint density at radius 2 is 2.42 bits per heavy atom. The number of aryl methyl sites for hydroxylation is 1. The fourth-order valence-electron chi connectivity index (χ4n) is 3.04. The van der Waals surface area contributed by atoms with E-state index in [4.69, 9.17) is 16.3 Å². The van der Waals surface area contributed by atoms with Gasteiger partial charge >= 0.3 is 0 Å². The number of nitrogens with zero attached hydrogens (tertiary/aromatic N) is 1. The zero-order chi connectivity index (χ0) is 13.4. The molecule has 1 saturated heterocycles. The quantitative estimate of drug-likeness (QED) is 0.929. The molecule has 1 aromatic rings. The summed E-state index contributed by atoms with van der Waals surface area (Å²) in [7, 11) is 2.16. The van der Waals surface area contributed by atoms with E-state index in [-0.39, 0.29) is 6.10 Å². The topological polar surface area (TPSA) is 24.5 Å². The van der Waals surface area contributed by atoms with Crippen LogP contribution in [0.15, 0.2) is 6.07 Å². The molecule has 1 aliphatic heterocycles. The summed E-state index contributed by atoms with van der Waals surface area (Å²) >= 11 is 7.84. The standard InChI is InChI=1S/C14H21ClN2OS/c1-9(12-8-17(2)5-6-18-12)16-11-3-4-13-10(11)7-14(15)19-13/h7,9,11-12,16H,3-6,8H2,1-2H3/t9-,11+,12-/m0/s1. The fourth-order valence-corrected chi connectivity index (χ4v) is 4.40. The zero-order valence-corrected chi connectivity index (χ0v) is 13.1. The Labute approximate surface area is 123 Å². The third kappa shape index (κ3) is 2.98. The first-order valence-electron chi connectivity index (χ1n) is 6.98. The summed E-state index contributed by atoms with van der Waals surface area (Å²) < 4.78 is 6.80. The molecule has 19 heavy (non-hydrogen) atoms. The molecule has 0 spiro atoms. The van der Waals surface area contributed by atoms with Gasteiger partial charge in [-0.1, -0.05) is 11.6 Å². The number of hydrogen-bond acceptors (Lipinski definition) is 4. The van der Waals surface area contributed by atoms with Crippen molar-refractivity contribution in [2.45, 2.75) is 38.0 Å². The first-order valence-corrected chi connectivity index (χ1v) is 8.17. The molecule has 3 rings (SSSR count). The van der Waals surface area contributed by atoms with Gasteiger partial charge in [0.05, 0.1) is 17.0 Å². The van der Waals surface area contributed by atoms with E-state index in [9.17, 15) is 0 Å². The highest BCUT2D eigenvalue weighted by atomic mass is 35.5. The van der Waals surface area contributed by atoms with Crippen molar-refractivity contribution >= 4 is 22.9 Å². The van der Waals surface area contributed by atoms with E-state index in [1.807, 2.05) is 0 Å². The number of rotatable bonds is 3. The number of halogens is 1. The van der Waals surface area contributed by atoms with Crippen molar-refractivity contribution in [1.82, 2.24) is 10.2 Å². The number of fused-ring (bicyclic) bond motifs is 1. The number of nitrogens with one attached hydrogen (secondary N) is 1. The lowest BCUT2D eigenvalue weighted by atomic mass is 10.1. The summed E-state index contributed by atoms with van der Waals surface area (Å²) in [6.07, 6.45) is 2.63. The lowest BCUT2D eigenvalue weighted by Gasteiger charge is -2.35. The maximum atomic E-state index is 6.11. The largest absolute Gasteiger partial charge is 0.374 e. The molecule has 1 fully saturated rings. The number of hydrogen-bond donors (Lipinski definition) is 1. The molecule has 0 bridgehead atoms. The van der Waals surface area contributed by atoms with Crippen LogP contribution in [0.5, 0.6) is 0 Å². The monoisotopic (exact) mass is 300 g/mol. The minimum absolute atomic E-state index is 0.289. The third-order valence-electron chi connectivity index (χ3n) is 4.17. The van der Waals surface area contributed by atoms with Gasteiger partial charge < -0.3 is 15.0 Å². The molecule has 0 aromatic carbocycles. The Morgan fingerprint density at radius 3 is 3.21 bits per heavy atom. The first-order chi connectivity index (χ1) is 9.13. The lowest BCUT2D eigenvalue weighted by Crippen LogP contribution is -2.50. The van der Waals surface area contributed by atoms with Crippen molar-refractivity contribution in [1.29, 1.82) is 0 Å². The van der Waals surface area contributed by atoms with E-state index in [0.29, 0.717) is 12.1 Å². The van der Waals surface area contributed by atoms with Gasteiger partial charge in [-0.05, 0) is 38.4 Å². The highest BCUT2D eigenvalue weighted by molar-refractivity contribution is 7.16. The van der Waals surface area contributed by atoms with E-state index >= 15 is 0 Å². The lowest BCUT2D eigenvalue weighted by molar-refractivity contribution is -0.0371. The van der Waals surface area contributed by atoms with Crippen LogP contribution < -0.4 is 5.32 Å². The van der Waals surface area contributed by atoms with E-state index in [1.165, 1.54) is 16.9 Å². The maximum Gasteiger partial charge on any atom is 0.0934 e. The molecule has 3 nitrogen and oxygen atoms in total. The fraction of sp³-hybridized carbons (Fsp3) is 0.714. The van der Waals surface area contributed by atoms with Crippen LogP contribution in [0, 0.1) is 0 Å². The van der Waals surface area contributed by atoms with E-state index in [0.717, 1.165) is 30.5 Å². The summed E-state index contributed by atoms with van der Waals surface area (Å²) in [6.45, 7) is 5.12. The SMILES string of the molecule is C[C@H](N[C@@H]1CCc2sc(Cl)cc21)[C@@H]1CN(C)CCO1. The van der Waals surface area contributed by atoms with Crippen molar-refractivity contribution < 1.29 is 4.74 Å². The van der Waals surface area contributed by atoms with Crippen molar-refractivity contribution in [3.05, 3.63) is 20.8 Å². The molecule has 0 amide bonds. The number of ether oxygens (including phenoxy) is 1. The van der Waals surface area contributed by atoms with Crippen LogP contribution in [0.25, 0.3) is 0 Å². The van der Waals surface area contributed by atoms with Gasteiger partial charge in [-0.15, -0.1) is 11.3 Å². The van der Waals surface area contributed by atoms with Gasteiger partial charge in [0.25, 0.3) is 0 Å². The zero-order valence-electron chi connectivity index (χ0n) is 11.5. The van der Waals surface area contributed by atoms with Gasteiger partial charge in [0, 0.05) is 30.1 Å². The van der Waals surface area contributed by atoms with E-state index in [2.05, 4.69) is 30.3 Å². The highest BCUT2D eigenvalue weighted by Gasteiger charge is 2.30. The van der Waals surface area contributed by atoms with E-state index in [1.54, 1.807) is 11.3 Å². The smallest absolute Gasteiger partial charge is 0.0934 e. The molecule has 0 saturated carbocycles. The maximum absolute atomic E-state index is 6.11. The minimum Gasteiger partial charge on any atom is -0.374 e. The van der Waals surface area contributed by atoms with Crippen molar-refractivity contribution in [2.24, 2.45) is 0 Å². The molecular weight excluding hydrogens is 280 g/mol. The molecule has 2 aliphatic rings. The van der Waals surface area contributed by atoms with Gasteiger partial charge in [-0.3, -0.25) is 0 Å². The van der Waals surface area contributed by atoms with Gasteiger partial charge in [-0.25, -0.2) is 0 Å². The van der Waals surface area contributed by atoms with E-state index < -0.39 is 0 Å². The third-order valence-corrected chi connectivity index (χ3v) is 5.51. The van der Waals surface area contributed by atoms with Crippen molar-refractivity contribution in [3.8, 4) is 0 Å². The minimum atomic E-state index is 0.289. The highest BCUT2D eigenvalue weighted by Crippen LogP contribution is 2.39. The van der Waals surface area contributed by atoms with Crippen molar-refractivity contribution in [3.63, 3.8) is 0 Å². The van der Waals surface area contributed by atoms with Gasteiger partial charge in [0.15, 0.2) is 0 Å². The normalized spacial score (nSPS) is 29.4. The molecule has 106 valence electrons. The Morgan fingerprint density at radius 1 is 1.58 bits per heavy atom. The number of thiophene rings is 1. The summed E-state index contributed by atoms with van der Waals surface area (Å²) in [4.78, 5) is 3.80. The summed E-state index contributed by atoms with van der Waals surface area (Å²) in [5, 5.41) is 3.73.